The average Bonchev–Trinajstić information content (AvgIpc) is 2.53. The van der Waals surface area contributed by atoms with Crippen LogP contribution in [-0.4, -0.2) is 0 Å². The Labute approximate surface area is 120 Å². The van der Waals surface area contributed by atoms with E-state index < -0.39 is 0 Å². The molecule has 3 aromatic carbocycles. The van der Waals surface area contributed by atoms with Crippen LogP contribution in [0.2, 0.25) is 0 Å². The van der Waals surface area contributed by atoms with Gasteiger partial charge in [-0.05, 0) is 41.5 Å². The van der Waals surface area contributed by atoms with E-state index in [-0.39, 0.29) is 5.92 Å². The summed E-state index contributed by atoms with van der Waals surface area (Å²) in [5.74, 6) is 6.81. The van der Waals surface area contributed by atoms with Crippen molar-refractivity contribution in [3.63, 3.8) is 0 Å². The van der Waals surface area contributed by atoms with Gasteiger partial charge in [-0.25, -0.2) is 0 Å². The van der Waals surface area contributed by atoms with Gasteiger partial charge in [-0.2, -0.15) is 0 Å². The minimum Gasteiger partial charge on any atom is -0.0900 e. The van der Waals surface area contributed by atoms with Crippen molar-refractivity contribution in [2.24, 2.45) is 0 Å². The summed E-state index contributed by atoms with van der Waals surface area (Å²) < 4.78 is 0. The van der Waals surface area contributed by atoms with Crippen LogP contribution in [-0.2, 0) is 0 Å². The predicted molar refractivity (Wildman–Crippen MR) is 85.7 cm³/mol. The van der Waals surface area contributed by atoms with Crippen LogP contribution in [0.15, 0.2) is 72.8 Å². The molecule has 0 radical (unpaired) electrons. The second-order valence-corrected chi connectivity index (χ2v) is 4.96. The molecule has 0 N–H and O–H groups in total. The van der Waals surface area contributed by atoms with E-state index in [1.165, 1.54) is 16.3 Å². The molecule has 0 heterocycles. The van der Waals surface area contributed by atoms with E-state index in [1.54, 1.807) is 0 Å². The molecule has 0 aromatic heterocycles. The molecule has 0 saturated heterocycles. The Morgan fingerprint density at radius 1 is 0.750 bits per heavy atom. The summed E-state index contributed by atoms with van der Waals surface area (Å²) in [5.41, 5.74) is 2.34. The second-order valence-electron chi connectivity index (χ2n) is 4.96. The van der Waals surface area contributed by atoms with E-state index in [2.05, 4.69) is 61.2 Å². The standard InChI is InChI=1S/C20H16/c1-16(11-12-17-7-3-2-4-8-17)19-14-13-18-9-5-6-10-20(18)15-19/h2-10,13-16H,1H3/t16-/m0/s1. The van der Waals surface area contributed by atoms with Crippen LogP contribution in [0.5, 0.6) is 0 Å². The first-order valence-electron chi connectivity index (χ1n) is 6.88. The Morgan fingerprint density at radius 3 is 2.25 bits per heavy atom. The topological polar surface area (TPSA) is 0 Å². The van der Waals surface area contributed by atoms with E-state index >= 15 is 0 Å². The minimum atomic E-state index is 0.236. The molecule has 0 saturated carbocycles. The van der Waals surface area contributed by atoms with Crippen molar-refractivity contribution < 1.29 is 0 Å². The highest BCUT2D eigenvalue weighted by molar-refractivity contribution is 5.83. The number of hydrogen-bond donors (Lipinski definition) is 0. The van der Waals surface area contributed by atoms with Crippen molar-refractivity contribution >= 4 is 10.8 Å². The lowest BCUT2D eigenvalue weighted by Crippen LogP contribution is -1.89. The highest BCUT2D eigenvalue weighted by Gasteiger charge is 2.02. The Bertz CT molecular complexity index is 773. The van der Waals surface area contributed by atoms with E-state index in [0.29, 0.717) is 0 Å². The fourth-order valence-electron chi connectivity index (χ4n) is 2.27. The van der Waals surface area contributed by atoms with Crippen molar-refractivity contribution in [1.29, 1.82) is 0 Å². The molecule has 0 aliphatic rings. The maximum absolute atomic E-state index is 3.33. The van der Waals surface area contributed by atoms with Gasteiger partial charge in [0.05, 0.1) is 0 Å². The SMILES string of the molecule is C[C@@H](C#Cc1ccccc1)c1ccc2ccccc2c1. The molecule has 0 spiro atoms. The molecule has 0 heteroatoms. The van der Waals surface area contributed by atoms with Gasteiger partial charge in [0.25, 0.3) is 0 Å². The molecule has 3 rings (SSSR count). The van der Waals surface area contributed by atoms with Crippen molar-refractivity contribution in [3.8, 4) is 11.8 Å². The van der Waals surface area contributed by atoms with Crippen molar-refractivity contribution in [1.82, 2.24) is 0 Å². The van der Waals surface area contributed by atoms with Gasteiger partial charge in [0.15, 0.2) is 0 Å². The largest absolute Gasteiger partial charge is 0.0900 e. The summed E-state index contributed by atoms with van der Waals surface area (Å²) in [6, 6.07) is 25.1. The summed E-state index contributed by atoms with van der Waals surface area (Å²) in [7, 11) is 0. The molecular formula is C20H16. The Balaban J connectivity index is 1.89. The zero-order valence-electron chi connectivity index (χ0n) is 11.5. The van der Waals surface area contributed by atoms with Crippen molar-refractivity contribution in [2.45, 2.75) is 12.8 Å². The zero-order chi connectivity index (χ0) is 13.8. The molecule has 0 bridgehead atoms. The summed E-state index contributed by atoms with van der Waals surface area (Å²) in [6.07, 6.45) is 0. The second kappa shape index (κ2) is 5.63. The quantitative estimate of drug-likeness (QED) is 0.538. The molecule has 0 nitrogen and oxygen atoms in total. The normalized spacial score (nSPS) is 11.7. The maximum Gasteiger partial charge on any atom is 0.0428 e. The third-order valence-electron chi connectivity index (χ3n) is 3.48. The molecule has 0 fully saturated rings. The molecule has 0 unspecified atom stereocenters. The van der Waals surface area contributed by atoms with Gasteiger partial charge < -0.3 is 0 Å². The van der Waals surface area contributed by atoms with E-state index in [0.717, 1.165) is 5.56 Å². The van der Waals surface area contributed by atoms with Crippen LogP contribution in [0.1, 0.15) is 24.0 Å². The lowest BCUT2D eigenvalue weighted by Gasteiger charge is -2.06. The summed E-state index contributed by atoms with van der Waals surface area (Å²) >= 11 is 0. The first kappa shape index (κ1) is 12.5. The minimum absolute atomic E-state index is 0.236. The third-order valence-corrected chi connectivity index (χ3v) is 3.48. The number of fused-ring (bicyclic) bond motifs is 1. The van der Waals surface area contributed by atoms with Crippen LogP contribution in [0.3, 0.4) is 0 Å². The van der Waals surface area contributed by atoms with Crippen LogP contribution < -0.4 is 0 Å². The van der Waals surface area contributed by atoms with Gasteiger partial charge in [0, 0.05) is 11.5 Å². The summed E-state index contributed by atoms with van der Waals surface area (Å²) in [6.45, 7) is 2.15. The highest BCUT2D eigenvalue weighted by atomic mass is 14.1. The molecule has 20 heavy (non-hydrogen) atoms. The van der Waals surface area contributed by atoms with Gasteiger partial charge in [-0.1, -0.05) is 66.4 Å². The maximum atomic E-state index is 3.33. The lowest BCUT2D eigenvalue weighted by molar-refractivity contribution is 1.01. The van der Waals surface area contributed by atoms with Crippen LogP contribution in [0, 0.1) is 11.8 Å². The van der Waals surface area contributed by atoms with Crippen LogP contribution in [0.25, 0.3) is 10.8 Å². The molecule has 0 aliphatic heterocycles. The fourth-order valence-corrected chi connectivity index (χ4v) is 2.27. The van der Waals surface area contributed by atoms with Gasteiger partial charge in [0.2, 0.25) is 0 Å². The first-order valence-corrected chi connectivity index (χ1v) is 6.88. The molecule has 96 valence electrons. The zero-order valence-corrected chi connectivity index (χ0v) is 11.5. The smallest absolute Gasteiger partial charge is 0.0428 e. The van der Waals surface area contributed by atoms with E-state index in [4.69, 9.17) is 0 Å². The van der Waals surface area contributed by atoms with Crippen molar-refractivity contribution in [2.75, 3.05) is 0 Å². The van der Waals surface area contributed by atoms with Crippen LogP contribution >= 0.6 is 0 Å². The van der Waals surface area contributed by atoms with Gasteiger partial charge in [0.1, 0.15) is 0 Å². The monoisotopic (exact) mass is 256 g/mol. The van der Waals surface area contributed by atoms with Gasteiger partial charge in [-0.15, -0.1) is 0 Å². The van der Waals surface area contributed by atoms with Crippen molar-refractivity contribution in [3.05, 3.63) is 83.9 Å². The lowest BCUT2D eigenvalue weighted by atomic mass is 9.98. The highest BCUT2D eigenvalue weighted by Crippen LogP contribution is 2.21. The Hall–Kier alpha value is -2.52. The van der Waals surface area contributed by atoms with E-state index in [9.17, 15) is 0 Å². The number of hydrogen-bond acceptors (Lipinski definition) is 0. The fraction of sp³-hybridized carbons (Fsp3) is 0.100. The Kier molecular flexibility index (Phi) is 3.52. The molecular weight excluding hydrogens is 240 g/mol. The van der Waals surface area contributed by atoms with E-state index in [1.807, 2.05) is 30.3 Å². The number of benzene rings is 3. The summed E-state index contributed by atoms with van der Waals surface area (Å²) in [4.78, 5) is 0. The third kappa shape index (κ3) is 2.73. The first-order chi connectivity index (χ1) is 9.83. The predicted octanol–water partition coefficient (Wildman–Crippen LogP) is 5.00. The van der Waals surface area contributed by atoms with Gasteiger partial charge >= 0.3 is 0 Å². The Morgan fingerprint density at radius 2 is 1.45 bits per heavy atom. The molecule has 0 aliphatic carbocycles. The molecule has 0 amide bonds. The summed E-state index contributed by atoms with van der Waals surface area (Å²) in [5, 5.41) is 2.55. The molecule has 1 atom stereocenters. The average molecular weight is 256 g/mol. The number of rotatable bonds is 1. The molecule has 3 aromatic rings. The van der Waals surface area contributed by atoms with Crippen LogP contribution in [0.4, 0.5) is 0 Å². The van der Waals surface area contributed by atoms with Gasteiger partial charge in [-0.3, -0.25) is 0 Å².